The summed E-state index contributed by atoms with van der Waals surface area (Å²) in [4.78, 5) is 8.86. The summed E-state index contributed by atoms with van der Waals surface area (Å²) in [6.45, 7) is 5.10. The summed E-state index contributed by atoms with van der Waals surface area (Å²) in [7, 11) is 0. The van der Waals surface area contributed by atoms with Crippen LogP contribution in [0.1, 0.15) is 19.5 Å². The van der Waals surface area contributed by atoms with Gasteiger partial charge in [-0.1, -0.05) is 12.1 Å². The van der Waals surface area contributed by atoms with Crippen LogP contribution in [0.3, 0.4) is 0 Å². The molecule has 0 aliphatic rings. The molecule has 2 aromatic rings. The molecule has 1 aromatic carbocycles. The van der Waals surface area contributed by atoms with Gasteiger partial charge in [-0.2, -0.15) is 0 Å². The highest BCUT2D eigenvalue weighted by atomic mass is 16.7. The minimum Gasteiger partial charge on any atom is -0.349 e. The number of fused-ring (bicyclic) bond motifs is 1. The highest BCUT2D eigenvalue weighted by Gasteiger charge is 2.02. The highest BCUT2D eigenvalue weighted by Crippen LogP contribution is 2.10. The summed E-state index contributed by atoms with van der Waals surface area (Å²) in [6.07, 6.45) is 5.14. The molecule has 1 aromatic heterocycles. The van der Waals surface area contributed by atoms with E-state index in [9.17, 15) is 0 Å². The summed E-state index contributed by atoms with van der Waals surface area (Å²) in [5.74, 6) is 0. The van der Waals surface area contributed by atoms with Gasteiger partial charge in [-0.05, 0) is 38.1 Å². The second-order valence-corrected chi connectivity index (χ2v) is 3.92. The summed E-state index contributed by atoms with van der Waals surface area (Å²) in [6, 6.07) is 7.79. The Balaban J connectivity index is 2.15. The van der Waals surface area contributed by atoms with Gasteiger partial charge in [0.2, 0.25) is 0 Å². The minimum absolute atomic E-state index is 0.330. The average Bonchev–Trinajstić information content (AvgIpc) is 2.45. The largest absolute Gasteiger partial charge is 0.349 e. The Labute approximate surface area is 113 Å². The van der Waals surface area contributed by atoms with Crippen molar-refractivity contribution in [2.75, 3.05) is 13.2 Å². The number of para-hydroxylation sites is 2. The second kappa shape index (κ2) is 6.97. The van der Waals surface area contributed by atoms with E-state index in [1.807, 2.05) is 50.3 Å². The van der Waals surface area contributed by atoms with Crippen LogP contribution in [0, 0.1) is 0 Å². The first-order valence-electron chi connectivity index (χ1n) is 6.46. The van der Waals surface area contributed by atoms with Crippen molar-refractivity contribution in [3.05, 3.63) is 42.2 Å². The van der Waals surface area contributed by atoms with Gasteiger partial charge in [0.05, 0.1) is 22.9 Å². The number of hydrogen-bond acceptors (Lipinski definition) is 4. The maximum absolute atomic E-state index is 5.43. The number of benzene rings is 1. The van der Waals surface area contributed by atoms with E-state index in [0.29, 0.717) is 13.2 Å². The van der Waals surface area contributed by atoms with Crippen LogP contribution in [-0.2, 0) is 9.47 Å². The molecule has 19 heavy (non-hydrogen) atoms. The Morgan fingerprint density at radius 2 is 1.79 bits per heavy atom. The predicted molar refractivity (Wildman–Crippen MR) is 75.6 cm³/mol. The fraction of sp³-hybridized carbons (Fsp3) is 0.333. The van der Waals surface area contributed by atoms with Crippen molar-refractivity contribution >= 4 is 17.1 Å². The first kappa shape index (κ1) is 13.6. The van der Waals surface area contributed by atoms with Crippen molar-refractivity contribution in [1.29, 1.82) is 0 Å². The van der Waals surface area contributed by atoms with Crippen molar-refractivity contribution in [1.82, 2.24) is 9.97 Å². The lowest BCUT2D eigenvalue weighted by Gasteiger charge is -2.12. The molecule has 0 fully saturated rings. The molecule has 0 amide bonds. The van der Waals surface area contributed by atoms with Crippen molar-refractivity contribution in [2.24, 2.45) is 0 Å². The van der Waals surface area contributed by atoms with Crippen molar-refractivity contribution in [3.8, 4) is 0 Å². The lowest BCUT2D eigenvalue weighted by molar-refractivity contribution is -0.103. The first-order valence-corrected chi connectivity index (χ1v) is 6.46. The van der Waals surface area contributed by atoms with E-state index >= 15 is 0 Å². The van der Waals surface area contributed by atoms with E-state index in [0.717, 1.165) is 16.7 Å². The molecule has 0 bridgehead atoms. The van der Waals surface area contributed by atoms with Crippen LogP contribution >= 0.6 is 0 Å². The molecular weight excluding hydrogens is 240 g/mol. The van der Waals surface area contributed by atoms with Crippen LogP contribution < -0.4 is 0 Å². The molecule has 0 aliphatic heterocycles. The number of aromatic nitrogens is 2. The second-order valence-electron chi connectivity index (χ2n) is 3.92. The van der Waals surface area contributed by atoms with Crippen LogP contribution in [0.25, 0.3) is 17.1 Å². The van der Waals surface area contributed by atoms with E-state index in [1.54, 1.807) is 6.20 Å². The van der Waals surface area contributed by atoms with E-state index in [1.165, 1.54) is 0 Å². The quantitative estimate of drug-likeness (QED) is 0.747. The van der Waals surface area contributed by atoms with Crippen molar-refractivity contribution in [3.63, 3.8) is 0 Å². The zero-order valence-electron chi connectivity index (χ0n) is 11.2. The van der Waals surface area contributed by atoms with Crippen LogP contribution in [0.2, 0.25) is 0 Å². The van der Waals surface area contributed by atoms with Crippen LogP contribution in [-0.4, -0.2) is 29.5 Å². The fourth-order valence-electron chi connectivity index (χ4n) is 1.72. The third-order valence-corrected chi connectivity index (χ3v) is 2.55. The molecule has 0 atom stereocenters. The molecular formula is C15H18N2O2. The number of ether oxygens (including phenoxy) is 2. The Hall–Kier alpha value is -1.78. The van der Waals surface area contributed by atoms with Gasteiger partial charge < -0.3 is 9.47 Å². The maximum atomic E-state index is 5.43. The standard InChI is InChI=1S/C15H18N2O2/c1-3-18-15(19-4-2)10-9-12-11-16-13-7-5-6-8-14(13)17-12/h5-11,15H,3-4H2,1-2H3/b10-9+. The zero-order valence-corrected chi connectivity index (χ0v) is 11.2. The SMILES string of the molecule is CCOC(/C=C/c1cnc2ccccc2n1)OCC. The van der Waals surface area contributed by atoms with Gasteiger partial charge in [0.25, 0.3) is 0 Å². The molecule has 0 saturated carbocycles. The molecule has 100 valence electrons. The summed E-state index contributed by atoms with van der Waals surface area (Å²) in [5.41, 5.74) is 2.57. The lowest BCUT2D eigenvalue weighted by atomic mass is 10.3. The van der Waals surface area contributed by atoms with Gasteiger partial charge in [-0.15, -0.1) is 0 Å². The minimum atomic E-state index is -0.330. The third-order valence-electron chi connectivity index (χ3n) is 2.55. The summed E-state index contributed by atoms with van der Waals surface area (Å²) >= 11 is 0. The highest BCUT2D eigenvalue weighted by molar-refractivity contribution is 5.74. The Bertz CT molecular complexity index is 549. The van der Waals surface area contributed by atoms with E-state index < -0.39 is 0 Å². The van der Waals surface area contributed by atoms with Gasteiger partial charge in [0.15, 0.2) is 6.29 Å². The third kappa shape index (κ3) is 3.84. The Morgan fingerprint density at radius 3 is 2.47 bits per heavy atom. The van der Waals surface area contributed by atoms with Crippen LogP contribution in [0.5, 0.6) is 0 Å². The predicted octanol–water partition coefficient (Wildman–Crippen LogP) is 3.04. The monoisotopic (exact) mass is 258 g/mol. The molecule has 0 unspecified atom stereocenters. The van der Waals surface area contributed by atoms with Gasteiger partial charge in [0.1, 0.15) is 0 Å². The molecule has 0 N–H and O–H groups in total. The first-order chi connectivity index (χ1) is 9.33. The Morgan fingerprint density at radius 1 is 1.11 bits per heavy atom. The normalized spacial score (nSPS) is 11.7. The van der Waals surface area contributed by atoms with E-state index in [-0.39, 0.29) is 6.29 Å². The zero-order chi connectivity index (χ0) is 13.5. The van der Waals surface area contributed by atoms with E-state index in [2.05, 4.69) is 9.97 Å². The molecule has 0 radical (unpaired) electrons. The van der Waals surface area contributed by atoms with Gasteiger partial charge in [-0.3, -0.25) is 4.98 Å². The lowest BCUT2D eigenvalue weighted by Crippen LogP contribution is -2.14. The molecule has 4 nitrogen and oxygen atoms in total. The van der Waals surface area contributed by atoms with Gasteiger partial charge in [0, 0.05) is 13.2 Å². The van der Waals surface area contributed by atoms with Crippen LogP contribution in [0.4, 0.5) is 0 Å². The smallest absolute Gasteiger partial charge is 0.177 e. The van der Waals surface area contributed by atoms with Crippen molar-refractivity contribution in [2.45, 2.75) is 20.1 Å². The summed E-state index contributed by atoms with van der Waals surface area (Å²) in [5, 5.41) is 0. The molecule has 0 aliphatic carbocycles. The van der Waals surface area contributed by atoms with Gasteiger partial charge in [-0.25, -0.2) is 4.98 Å². The topological polar surface area (TPSA) is 44.2 Å². The molecule has 2 rings (SSSR count). The fourth-order valence-corrected chi connectivity index (χ4v) is 1.72. The maximum Gasteiger partial charge on any atom is 0.177 e. The average molecular weight is 258 g/mol. The number of rotatable bonds is 6. The van der Waals surface area contributed by atoms with E-state index in [4.69, 9.17) is 9.47 Å². The summed E-state index contributed by atoms with van der Waals surface area (Å²) < 4.78 is 10.9. The van der Waals surface area contributed by atoms with Crippen LogP contribution in [0.15, 0.2) is 36.5 Å². The molecule has 1 heterocycles. The molecule has 4 heteroatoms. The number of nitrogens with zero attached hydrogens (tertiary/aromatic N) is 2. The Kier molecular flexibility index (Phi) is 5.01. The number of hydrogen-bond donors (Lipinski definition) is 0. The van der Waals surface area contributed by atoms with Gasteiger partial charge >= 0.3 is 0 Å². The molecule has 0 saturated heterocycles. The molecule has 0 spiro atoms. The van der Waals surface area contributed by atoms with Crippen molar-refractivity contribution < 1.29 is 9.47 Å².